The van der Waals surface area contributed by atoms with E-state index in [-0.39, 0.29) is 31.1 Å². The van der Waals surface area contributed by atoms with Gasteiger partial charge in [-0.25, -0.2) is 0 Å². The number of carbonyl (C=O) groups is 3. The van der Waals surface area contributed by atoms with Crippen LogP contribution in [0, 0.1) is 5.92 Å². The van der Waals surface area contributed by atoms with Crippen molar-refractivity contribution < 1.29 is 28.6 Å². The fraction of sp³-hybridized carbons (Fsp3) is 0.936. The van der Waals surface area contributed by atoms with Crippen LogP contribution >= 0.6 is 0 Å². The van der Waals surface area contributed by atoms with Gasteiger partial charge in [0, 0.05) is 19.3 Å². The molecule has 0 bridgehead atoms. The molecule has 0 heterocycles. The number of ether oxygens (including phenoxy) is 3. The highest BCUT2D eigenvalue weighted by Gasteiger charge is 2.19. The van der Waals surface area contributed by atoms with Gasteiger partial charge in [-0.15, -0.1) is 0 Å². The van der Waals surface area contributed by atoms with Crippen molar-refractivity contribution in [2.24, 2.45) is 5.92 Å². The van der Waals surface area contributed by atoms with Gasteiger partial charge in [-0.05, 0) is 25.2 Å². The van der Waals surface area contributed by atoms with Crippen LogP contribution in [0.1, 0.15) is 259 Å². The molecular formula is C47H90O6. The maximum atomic E-state index is 12.7. The number of hydrogen-bond acceptors (Lipinski definition) is 6. The van der Waals surface area contributed by atoms with Crippen molar-refractivity contribution in [3.63, 3.8) is 0 Å². The Hall–Kier alpha value is -1.59. The molecule has 0 aromatic carbocycles. The highest BCUT2D eigenvalue weighted by atomic mass is 16.6. The Morgan fingerprint density at radius 3 is 0.925 bits per heavy atom. The van der Waals surface area contributed by atoms with Gasteiger partial charge in [0.05, 0.1) is 0 Å². The average molecular weight is 751 g/mol. The first-order valence-corrected chi connectivity index (χ1v) is 23.4. The van der Waals surface area contributed by atoms with Gasteiger partial charge >= 0.3 is 17.9 Å². The van der Waals surface area contributed by atoms with Crippen molar-refractivity contribution in [1.82, 2.24) is 0 Å². The monoisotopic (exact) mass is 751 g/mol. The number of esters is 3. The summed E-state index contributed by atoms with van der Waals surface area (Å²) in [6.45, 7) is 8.98. The fourth-order valence-corrected chi connectivity index (χ4v) is 6.98. The summed E-state index contributed by atoms with van der Waals surface area (Å²) in [5.74, 6) is -0.0347. The molecule has 0 saturated heterocycles. The summed E-state index contributed by atoms with van der Waals surface area (Å²) in [7, 11) is 0. The van der Waals surface area contributed by atoms with Gasteiger partial charge in [-0.3, -0.25) is 14.4 Å². The lowest BCUT2D eigenvalue weighted by Gasteiger charge is -2.18. The smallest absolute Gasteiger partial charge is 0.306 e. The minimum Gasteiger partial charge on any atom is -0.462 e. The molecule has 0 aromatic heterocycles. The maximum absolute atomic E-state index is 12.7. The van der Waals surface area contributed by atoms with Crippen molar-refractivity contribution in [1.29, 1.82) is 0 Å². The van der Waals surface area contributed by atoms with Crippen LogP contribution in [0.3, 0.4) is 0 Å². The summed E-state index contributed by atoms with van der Waals surface area (Å²) in [5.41, 5.74) is 0. The molecule has 0 aliphatic heterocycles. The van der Waals surface area contributed by atoms with E-state index in [1.165, 1.54) is 154 Å². The normalized spacial score (nSPS) is 11.9. The van der Waals surface area contributed by atoms with Crippen LogP contribution in [0.2, 0.25) is 0 Å². The van der Waals surface area contributed by atoms with E-state index in [1.54, 1.807) is 0 Å². The summed E-state index contributed by atoms with van der Waals surface area (Å²) in [6.07, 6.45) is 40.8. The Balaban J connectivity index is 4.32. The van der Waals surface area contributed by atoms with Gasteiger partial charge in [-0.2, -0.15) is 0 Å². The minimum atomic E-state index is -0.759. The molecule has 0 rings (SSSR count). The molecular weight excluding hydrogens is 661 g/mol. The van der Waals surface area contributed by atoms with Crippen LogP contribution in [0.4, 0.5) is 0 Å². The summed E-state index contributed by atoms with van der Waals surface area (Å²) in [5, 5.41) is 0. The van der Waals surface area contributed by atoms with Gasteiger partial charge in [0.1, 0.15) is 13.2 Å². The lowest BCUT2D eigenvalue weighted by atomic mass is 10.0. The zero-order chi connectivity index (χ0) is 38.9. The fourth-order valence-electron chi connectivity index (χ4n) is 6.98. The Morgan fingerprint density at radius 1 is 0.358 bits per heavy atom. The standard InChI is InChI=1S/C47H90O6/c1-5-7-9-11-13-15-17-22-26-30-34-38-45(48)51-41-44(53-47(50)40-36-32-28-24-18-16-14-12-10-8-6-2)42-52-46(49)39-35-31-27-23-20-19-21-25-29-33-37-43(3)4/h43-44H,5-42H2,1-4H3/t44-/m0/s1. The van der Waals surface area contributed by atoms with Crippen LogP contribution < -0.4 is 0 Å². The van der Waals surface area contributed by atoms with Crippen molar-refractivity contribution in [2.45, 2.75) is 265 Å². The van der Waals surface area contributed by atoms with Crippen LogP contribution in [0.25, 0.3) is 0 Å². The molecule has 6 nitrogen and oxygen atoms in total. The molecule has 0 aliphatic carbocycles. The number of hydrogen-bond donors (Lipinski definition) is 0. The lowest BCUT2D eigenvalue weighted by molar-refractivity contribution is -0.167. The van der Waals surface area contributed by atoms with Crippen molar-refractivity contribution in [3.8, 4) is 0 Å². The Morgan fingerprint density at radius 2 is 0.623 bits per heavy atom. The summed E-state index contributed by atoms with van der Waals surface area (Å²) < 4.78 is 16.7. The molecule has 6 heteroatoms. The van der Waals surface area contributed by atoms with Gasteiger partial charge in [0.2, 0.25) is 0 Å². The summed E-state index contributed by atoms with van der Waals surface area (Å²) >= 11 is 0. The lowest BCUT2D eigenvalue weighted by Crippen LogP contribution is -2.30. The van der Waals surface area contributed by atoms with Crippen molar-refractivity contribution >= 4 is 17.9 Å². The molecule has 0 aliphatic rings. The highest BCUT2D eigenvalue weighted by Crippen LogP contribution is 2.16. The molecule has 0 unspecified atom stereocenters. The van der Waals surface area contributed by atoms with Crippen LogP contribution in [0.5, 0.6) is 0 Å². The minimum absolute atomic E-state index is 0.0636. The third-order valence-corrected chi connectivity index (χ3v) is 10.5. The topological polar surface area (TPSA) is 78.9 Å². The maximum Gasteiger partial charge on any atom is 0.306 e. The van der Waals surface area contributed by atoms with E-state index in [0.717, 1.165) is 63.7 Å². The van der Waals surface area contributed by atoms with E-state index in [0.29, 0.717) is 19.3 Å². The van der Waals surface area contributed by atoms with Crippen LogP contribution in [-0.2, 0) is 28.6 Å². The molecule has 1 atom stereocenters. The predicted octanol–water partition coefficient (Wildman–Crippen LogP) is 14.7. The van der Waals surface area contributed by atoms with E-state index < -0.39 is 6.10 Å². The SMILES string of the molecule is CCCCCCCCCCCCCC(=O)OC[C@@H](COC(=O)CCCCCCCCCCCCC(C)C)OC(=O)CCCCCCCCCCCCC. The number of rotatable bonds is 42. The third kappa shape index (κ3) is 41.4. The largest absolute Gasteiger partial charge is 0.462 e. The highest BCUT2D eigenvalue weighted by molar-refractivity contribution is 5.71. The van der Waals surface area contributed by atoms with Gasteiger partial charge in [-0.1, -0.05) is 220 Å². The van der Waals surface area contributed by atoms with E-state index in [9.17, 15) is 14.4 Å². The second kappa shape index (κ2) is 41.6. The Kier molecular flexibility index (Phi) is 40.3. The summed E-state index contributed by atoms with van der Waals surface area (Å²) in [6, 6.07) is 0. The predicted molar refractivity (Wildman–Crippen MR) is 224 cm³/mol. The average Bonchev–Trinajstić information content (AvgIpc) is 3.14. The van der Waals surface area contributed by atoms with Crippen molar-refractivity contribution in [2.75, 3.05) is 13.2 Å². The van der Waals surface area contributed by atoms with Crippen LogP contribution in [-0.4, -0.2) is 37.2 Å². The van der Waals surface area contributed by atoms with Crippen molar-refractivity contribution in [3.05, 3.63) is 0 Å². The first-order valence-electron chi connectivity index (χ1n) is 23.4. The van der Waals surface area contributed by atoms with E-state index in [4.69, 9.17) is 14.2 Å². The van der Waals surface area contributed by atoms with E-state index in [2.05, 4.69) is 27.7 Å². The quantitative estimate of drug-likeness (QED) is 0.0351. The molecule has 0 radical (unpaired) electrons. The van der Waals surface area contributed by atoms with E-state index in [1.807, 2.05) is 0 Å². The third-order valence-electron chi connectivity index (χ3n) is 10.5. The second-order valence-electron chi connectivity index (χ2n) is 16.5. The molecule has 0 fully saturated rings. The summed E-state index contributed by atoms with van der Waals surface area (Å²) in [4.78, 5) is 37.7. The van der Waals surface area contributed by atoms with Crippen LogP contribution in [0.15, 0.2) is 0 Å². The Labute approximate surface area is 329 Å². The zero-order valence-electron chi connectivity index (χ0n) is 36.0. The first kappa shape index (κ1) is 51.4. The zero-order valence-corrected chi connectivity index (χ0v) is 36.0. The Bertz CT molecular complexity index is 796. The van der Waals surface area contributed by atoms with Gasteiger partial charge in [0.15, 0.2) is 6.10 Å². The van der Waals surface area contributed by atoms with Gasteiger partial charge in [0.25, 0.3) is 0 Å². The van der Waals surface area contributed by atoms with Gasteiger partial charge < -0.3 is 14.2 Å². The molecule has 0 saturated carbocycles. The molecule has 53 heavy (non-hydrogen) atoms. The van der Waals surface area contributed by atoms with E-state index >= 15 is 0 Å². The molecule has 0 spiro atoms. The second-order valence-corrected chi connectivity index (χ2v) is 16.5. The number of carbonyl (C=O) groups excluding carboxylic acids is 3. The molecule has 0 N–H and O–H groups in total. The molecule has 314 valence electrons. The molecule has 0 amide bonds. The number of unbranched alkanes of at least 4 members (excludes halogenated alkanes) is 29. The molecule has 0 aromatic rings. The first-order chi connectivity index (χ1) is 25.9.